The first kappa shape index (κ1) is 14.4. The van der Waals surface area contributed by atoms with Gasteiger partial charge in [-0.2, -0.15) is 0 Å². The van der Waals surface area contributed by atoms with E-state index >= 15 is 0 Å². The zero-order chi connectivity index (χ0) is 12.9. The summed E-state index contributed by atoms with van der Waals surface area (Å²) in [7, 11) is -3.10. The minimum Gasteiger partial charge on any atom is -0.395 e. The molecule has 0 radical (unpaired) electrons. The van der Waals surface area contributed by atoms with Crippen LogP contribution in [0.1, 0.15) is 32.1 Å². The van der Waals surface area contributed by atoms with Crippen molar-refractivity contribution in [1.29, 1.82) is 0 Å². The van der Waals surface area contributed by atoms with Crippen molar-refractivity contribution in [1.82, 2.24) is 4.90 Å². The fourth-order valence-corrected chi connectivity index (χ4v) is 2.80. The van der Waals surface area contributed by atoms with E-state index in [1.807, 2.05) is 0 Å². The van der Waals surface area contributed by atoms with Gasteiger partial charge in [-0.25, -0.2) is 8.42 Å². The van der Waals surface area contributed by atoms with Crippen LogP contribution in [-0.4, -0.2) is 55.5 Å². The van der Waals surface area contributed by atoms with E-state index in [1.165, 1.54) is 0 Å². The molecule has 1 amide bonds. The predicted octanol–water partition coefficient (Wildman–Crippen LogP) is 0.185. The maximum atomic E-state index is 11.9. The van der Waals surface area contributed by atoms with E-state index in [0.717, 1.165) is 31.9 Å². The molecule has 1 fully saturated rings. The lowest BCUT2D eigenvalue weighted by Gasteiger charge is -2.28. The van der Waals surface area contributed by atoms with Crippen molar-refractivity contribution in [2.75, 3.05) is 25.2 Å². The third kappa shape index (κ3) is 5.04. The van der Waals surface area contributed by atoms with Gasteiger partial charge in [0.05, 0.1) is 12.4 Å². The van der Waals surface area contributed by atoms with Crippen LogP contribution in [-0.2, 0) is 14.6 Å². The summed E-state index contributed by atoms with van der Waals surface area (Å²) in [5, 5.41) is 8.96. The average Bonchev–Trinajstić information content (AvgIpc) is 2.74. The minimum absolute atomic E-state index is 0.0231. The van der Waals surface area contributed by atoms with Crippen molar-refractivity contribution < 1.29 is 18.3 Å². The molecule has 0 spiro atoms. The Balaban J connectivity index is 2.54. The molecule has 1 N–H and O–H groups in total. The Bertz CT molecular complexity index is 346. The number of sulfone groups is 1. The standard InChI is InChI=1S/C11H21NO4S/c1-17(15,16)9-6-11(14)12(7-8-13)10-4-2-3-5-10/h10,13H,2-9H2,1H3. The Morgan fingerprint density at radius 2 is 1.94 bits per heavy atom. The predicted molar refractivity (Wildman–Crippen MR) is 65.4 cm³/mol. The molecule has 0 bridgehead atoms. The van der Waals surface area contributed by atoms with E-state index in [9.17, 15) is 13.2 Å². The van der Waals surface area contributed by atoms with Crippen LogP contribution in [0.15, 0.2) is 0 Å². The van der Waals surface area contributed by atoms with Gasteiger partial charge in [0.25, 0.3) is 0 Å². The number of carbonyl (C=O) groups excluding carboxylic acids is 1. The zero-order valence-electron chi connectivity index (χ0n) is 10.3. The second-order valence-corrected chi connectivity index (χ2v) is 6.89. The monoisotopic (exact) mass is 263 g/mol. The second-order valence-electron chi connectivity index (χ2n) is 4.63. The first-order valence-electron chi connectivity index (χ1n) is 6.02. The van der Waals surface area contributed by atoms with Crippen molar-refractivity contribution in [3.8, 4) is 0 Å². The fraction of sp³-hybridized carbons (Fsp3) is 0.909. The molecule has 1 saturated carbocycles. The van der Waals surface area contributed by atoms with E-state index in [1.54, 1.807) is 4.90 Å². The molecule has 0 aromatic heterocycles. The summed E-state index contributed by atoms with van der Waals surface area (Å²) in [5.74, 6) is -0.267. The van der Waals surface area contributed by atoms with Crippen LogP contribution in [0.25, 0.3) is 0 Å². The molecule has 100 valence electrons. The van der Waals surface area contributed by atoms with E-state index in [2.05, 4.69) is 0 Å². The van der Waals surface area contributed by atoms with Gasteiger partial charge in [0.2, 0.25) is 5.91 Å². The first-order valence-corrected chi connectivity index (χ1v) is 8.08. The highest BCUT2D eigenvalue weighted by molar-refractivity contribution is 7.90. The molecule has 0 saturated heterocycles. The topological polar surface area (TPSA) is 74.7 Å². The van der Waals surface area contributed by atoms with Crippen molar-refractivity contribution in [2.45, 2.75) is 38.1 Å². The minimum atomic E-state index is -3.10. The Kier molecular flexibility index (Phi) is 5.39. The molecule has 1 rings (SSSR count). The quantitative estimate of drug-likeness (QED) is 0.742. The van der Waals surface area contributed by atoms with Gasteiger partial charge in [-0.3, -0.25) is 4.79 Å². The lowest BCUT2D eigenvalue weighted by Crippen LogP contribution is -2.41. The summed E-state index contributed by atoms with van der Waals surface area (Å²) < 4.78 is 22.0. The van der Waals surface area contributed by atoms with Gasteiger partial charge < -0.3 is 10.0 Å². The van der Waals surface area contributed by atoms with Crippen LogP contribution in [0, 0.1) is 0 Å². The van der Waals surface area contributed by atoms with Crippen molar-refractivity contribution >= 4 is 15.7 Å². The van der Waals surface area contributed by atoms with E-state index in [4.69, 9.17) is 5.11 Å². The molecule has 1 aliphatic carbocycles. The highest BCUT2D eigenvalue weighted by Crippen LogP contribution is 2.23. The number of rotatable bonds is 6. The number of aliphatic hydroxyl groups is 1. The third-order valence-electron chi connectivity index (χ3n) is 3.11. The number of amides is 1. The number of hydrogen-bond acceptors (Lipinski definition) is 4. The molecule has 0 heterocycles. The fourth-order valence-electron chi connectivity index (χ4n) is 2.25. The molecule has 17 heavy (non-hydrogen) atoms. The van der Waals surface area contributed by atoms with Crippen LogP contribution in [0.5, 0.6) is 0 Å². The molecule has 6 heteroatoms. The number of aliphatic hydroxyl groups excluding tert-OH is 1. The molecular weight excluding hydrogens is 242 g/mol. The third-order valence-corrected chi connectivity index (χ3v) is 4.06. The van der Waals surface area contributed by atoms with Crippen LogP contribution in [0.3, 0.4) is 0 Å². The molecule has 0 atom stereocenters. The van der Waals surface area contributed by atoms with Crippen LogP contribution >= 0.6 is 0 Å². The lowest BCUT2D eigenvalue weighted by atomic mass is 10.2. The highest BCUT2D eigenvalue weighted by atomic mass is 32.2. The SMILES string of the molecule is CS(=O)(=O)CCC(=O)N(CCO)C1CCCC1. The smallest absolute Gasteiger partial charge is 0.223 e. The zero-order valence-corrected chi connectivity index (χ0v) is 11.1. The van der Waals surface area contributed by atoms with E-state index < -0.39 is 9.84 Å². The molecule has 0 aromatic carbocycles. The Labute approximate surface area is 103 Å². The Morgan fingerprint density at radius 3 is 2.41 bits per heavy atom. The largest absolute Gasteiger partial charge is 0.395 e. The number of nitrogens with zero attached hydrogens (tertiary/aromatic N) is 1. The van der Waals surface area contributed by atoms with Crippen LogP contribution in [0.2, 0.25) is 0 Å². The lowest BCUT2D eigenvalue weighted by molar-refractivity contribution is -0.133. The Morgan fingerprint density at radius 1 is 1.35 bits per heavy atom. The molecule has 5 nitrogen and oxygen atoms in total. The van der Waals surface area contributed by atoms with Crippen LogP contribution in [0.4, 0.5) is 0 Å². The molecule has 1 aliphatic rings. The van der Waals surface area contributed by atoms with Gasteiger partial charge in [0, 0.05) is 25.3 Å². The van der Waals surface area contributed by atoms with E-state index in [0.29, 0.717) is 6.54 Å². The van der Waals surface area contributed by atoms with Gasteiger partial charge in [0.1, 0.15) is 9.84 Å². The molecule has 0 aromatic rings. The highest BCUT2D eigenvalue weighted by Gasteiger charge is 2.26. The van der Waals surface area contributed by atoms with Crippen LogP contribution < -0.4 is 0 Å². The van der Waals surface area contributed by atoms with Gasteiger partial charge in [-0.15, -0.1) is 0 Å². The number of carbonyl (C=O) groups is 1. The first-order chi connectivity index (χ1) is 7.94. The van der Waals surface area contributed by atoms with Gasteiger partial charge in [0.15, 0.2) is 0 Å². The molecule has 0 unspecified atom stereocenters. The summed E-state index contributed by atoms with van der Waals surface area (Å²) in [6.07, 6.45) is 5.29. The maximum absolute atomic E-state index is 11.9. The van der Waals surface area contributed by atoms with Gasteiger partial charge in [-0.05, 0) is 12.8 Å². The normalized spacial score (nSPS) is 17.3. The van der Waals surface area contributed by atoms with Crippen molar-refractivity contribution in [2.24, 2.45) is 0 Å². The number of hydrogen-bond donors (Lipinski definition) is 1. The molecule has 0 aliphatic heterocycles. The summed E-state index contributed by atoms with van der Waals surface area (Å²) in [5.41, 5.74) is 0. The summed E-state index contributed by atoms with van der Waals surface area (Å²) >= 11 is 0. The summed E-state index contributed by atoms with van der Waals surface area (Å²) in [4.78, 5) is 13.6. The van der Waals surface area contributed by atoms with Gasteiger partial charge in [-0.1, -0.05) is 12.8 Å². The Hall–Kier alpha value is -0.620. The average molecular weight is 263 g/mol. The van der Waals surface area contributed by atoms with Gasteiger partial charge >= 0.3 is 0 Å². The van der Waals surface area contributed by atoms with Crippen molar-refractivity contribution in [3.63, 3.8) is 0 Å². The maximum Gasteiger partial charge on any atom is 0.223 e. The summed E-state index contributed by atoms with van der Waals surface area (Å²) in [6, 6.07) is 0.189. The van der Waals surface area contributed by atoms with E-state index in [-0.39, 0.29) is 30.7 Å². The van der Waals surface area contributed by atoms with Crippen molar-refractivity contribution in [3.05, 3.63) is 0 Å². The second kappa shape index (κ2) is 6.35. The molecular formula is C11H21NO4S. The summed E-state index contributed by atoms with van der Waals surface area (Å²) in [6.45, 7) is 0.244.